The van der Waals surface area contributed by atoms with Gasteiger partial charge in [-0.1, -0.05) is 37.2 Å². The van der Waals surface area contributed by atoms with Crippen LogP contribution in [0.2, 0.25) is 0 Å². The highest BCUT2D eigenvalue weighted by Gasteiger charge is 2.29. The van der Waals surface area contributed by atoms with Crippen LogP contribution in [0, 0.1) is 0 Å². The van der Waals surface area contributed by atoms with E-state index >= 15 is 0 Å². The number of benzene rings is 1. The molecule has 0 saturated carbocycles. The second-order valence-corrected chi connectivity index (χ2v) is 6.02. The second-order valence-electron chi connectivity index (χ2n) is 4.93. The van der Waals surface area contributed by atoms with Crippen molar-refractivity contribution < 1.29 is 4.52 Å². The molecule has 104 valence electrons. The van der Waals surface area contributed by atoms with Crippen LogP contribution in [0.3, 0.4) is 0 Å². The topological polar surface area (TPSA) is 64.9 Å². The van der Waals surface area contributed by atoms with Crippen LogP contribution in [0.5, 0.6) is 0 Å². The molecule has 0 aliphatic heterocycles. The van der Waals surface area contributed by atoms with E-state index in [4.69, 9.17) is 10.3 Å². The van der Waals surface area contributed by atoms with Crippen molar-refractivity contribution in [2.45, 2.75) is 32.2 Å². The van der Waals surface area contributed by atoms with Gasteiger partial charge in [0, 0.05) is 4.70 Å². The molecule has 3 aromatic rings. The van der Waals surface area contributed by atoms with E-state index in [9.17, 15) is 0 Å². The summed E-state index contributed by atoms with van der Waals surface area (Å²) in [6, 6.07) is 10.3. The van der Waals surface area contributed by atoms with Gasteiger partial charge in [-0.25, -0.2) is 0 Å². The fraction of sp³-hybridized carbons (Fsp3) is 0.333. The van der Waals surface area contributed by atoms with Gasteiger partial charge in [-0.2, -0.15) is 4.98 Å². The average molecular weight is 287 g/mol. The van der Waals surface area contributed by atoms with Gasteiger partial charge in [-0.15, -0.1) is 11.3 Å². The fourth-order valence-corrected chi connectivity index (χ4v) is 3.16. The lowest BCUT2D eigenvalue weighted by atomic mass is 9.93. The van der Waals surface area contributed by atoms with E-state index in [-0.39, 0.29) is 0 Å². The molecule has 0 radical (unpaired) electrons. The minimum atomic E-state index is -0.502. The molecule has 0 atom stereocenters. The molecule has 0 saturated heterocycles. The van der Waals surface area contributed by atoms with Crippen LogP contribution in [-0.4, -0.2) is 10.1 Å². The third-order valence-corrected chi connectivity index (χ3v) is 4.87. The van der Waals surface area contributed by atoms with Crippen LogP contribution in [0.15, 0.2) is 34.9 Å². The zero-order chi connectivity index (χ0) is 14.2. The SMILES string of the molecule is CCC(N)(CC)c1noc(-c2cc3ccccc3s2)n1. The Hall–Kier alpha value is -1.72. The molecule has 0 unspecified atom stereocenters. The Labute approximate surface area is 121 Å². The maximum absolute atomic E-state index is 6.30. The van der Waals surface area contributed by atoms with Gasteiger partial charge in [0.15, 0.2) is 5.82 Å². The maximum atomic E-state index is 6.30. The third kappa shape index (κ3) is 2.13. The lowest BCUT2D eigenvalue weighted by Gasteiger charge is -2.21. The quantitative estimate of drug-likeness (QED) is 0.789. The van der Waals surface area contributed by atoms with Crippen LogP contribution in [0.4, 0.5) is 0 Å². The Morgan fingerprint density at radius 1 is 1.25 bits per heavy atom. The van der Waals surface area contributed by atoms with Gasteiger partial charge in [-0.3, -0.25) is 0 Å². The molecule has 0 spiro atoms. The monoisotopic (exact) mass is 287 g/mol. The molecule has 4 nitrogen and oxygen atoms in total. The van der Waals surface area contributed by atoms with Crippen molar-refractivity contribution >= 4 is 21.4 Å². The van der Waals surface area contributed by atoms with Gasteiger partial charge in [0.25, 0.3) is 5.89 Å². The first kappa shape index (κ1) is 13.3. The molecule has 20 heavy (non-hydrogen) atoms. The van der Waals surface area contributed by atoms with Crippen LogP contribution in [-0.2, 0) is 5.54 Å². The summed E-state index contributed by atoms with van der Waals surface area (Å²) in [5.74, 6) is 1.15. The molecule has 0 amide bonds. The Morgan fingerprint density at radius 3 is 2.70 bits per heavy atom. The Balaban J connectivity index is 2.01. The number of aromatic nitrogens is 2. The first-order valence-corrected chi connectivity index (χ1v) is 7.60. The second kappa shape index (κ2) is 5.00. The van der Waals surface area contributed by atoms with E-state index in [0.717, 1.165) is 17.7 Å². The van der Waals surface area contributed by atoms with E-state index in [1.54, 1.807) is 11.3 Å². The van der Waals surface area contributed by atoms with Crippen molar-refractivity contribution in [1.29, 1.82) is 0 Å². The van der Waals surface area contributed by atoms with Gasteiger partial charge in [0.1, 0.15) is 0 Å². The third-order valence-electron chi connectivity index (χ3n) is 3.77. The molecular weight excluding hydrogens is 270 g/mol. The zero-order valence-corrected chi connectivity index (χ0v) is 12.4. The van der Waals surface area contributed by atoms with Crippen LogP contribution >= 0.6 is 11.3 Å². The minimum absolute atomic E-state index is 0.502. The Bertz CT molecular complexity index is 694. The molecule has 0 aliphatic rings. The van der Waals surface area contributed by atoms with E-state index in [0.29, 0.717) is 11.7 Å². The van der Waals surface area contributed by atoms with E-state index in [1.165, 1.54) is 10.1 Å². The van der Waals surface area contributed by atoms with Gasteiger partial charge >= 0.3 is 0 Å². The summed E-state index contributed by atoms with van der Waals surface area (Å²) >= 11 is 1.65. The number of hydrogen-bond acceptors (Lipinski definition) is 5. The van der Waals surface area contributed by atoms with E-state index < -0.39 is 5.54 Å². The number of fused-ring (bicyclic) bond motifs is 1. The summed E-state index contributed by atoms with van der Waals surface area (Å²) in [5, 5.41) is 5.26. The molecule has 0 bridgehead atoms. The van der Waals surface area contributed by atoms with Crippen molar-refractivity contribution in [3.05, 3.63) is 36.2 Å². The normalized spacial score (nSPS) is 12.2. The maximum Gasteiger partial charge on any atom is 0.268 e. The number of nitrogens with two attached hydrogens (primary N) is 1. The number of nitrogens with zero attached hydrogens (tertiary/aromatic N) is 2. The van der Waals surface area contributed by atoms with Crippen LogP contribution < -0.4 is 5.73 Å². The lowest BCUT2D eigenvalue weighted by molar-refractivity contribution is 0.350. The van der Waals surface area contributed by atoms with Crippen LogP contribution in [0.1, 0.15) is 32.5 Å². The molecule has 2 aromatic heterocycles. The predicted octanol–water partition coefficient (Wildman–Crippen LogP) is 3.93. The van der Waals surface area contributed by atoms with E-state index in [1.807, 2.05) is 26.0 Å². The average Bonchev–Trinajstić information content (AvgIpc) is 3.12. The molecule has 2 N–H and O–H groups in total. The summed E-state index contributed by atoms with van der Waals surface area (Å²) in [6.45, 7) is 4.08. The molecule has 0 fully saturated rings. The van der Waals surface area contributed by atoms with Crippen molar-refractivity contribution in [3.63, 3.8) is 0 Å². The first-order valence-electron chi connectivity index (χ1n) is 6.78. The van der Waals surface area contributed by atoms with E-state index in [2.05, 4.69) is 28.3 Å². The zero-order valence-electron chi connectivity index (χ0n) is 11.6. The van der Waals surface area contributed by atoms with Gasteiger partial charge < -0.3 is 10.3 Å². The van der Waals surface area contributed by atoms with Crippen molar-refractivity contribution in [1.82, 2.24) is 10.1 Å². The molecular formula is C15H17N3OS. The number of hydrogen-bond donors (Lipinski definition) is 1. The largest absolute Gasteiger partial charge is 0.333 e. The summed E-state index contributed by atoms with van der Waals surface area (Å²) in [6.07, 6.45) is 1.57. The summed E-state index contributed by atoms with van der Waals surface area (Å²) < 4.78 is 6.61. The molecule has 0 aliphatic carbocycles. The van der Waals surface area contributed by atoms with Crippen LogP contribution in [0.25, 0.3) is 20.9 Å². The Morgan fingerprint density at radius 2 is 2.00 bits per heavy atom. The highest BCUT2D eigenvalue weighted by molar-refractivity contribution is 7.22. The van der Waals surface area contributed by atoms with Crippen molar-refractivity contribution in [3.8, 4) is 10.8 Å². The molecule has 5 heteroatoms. The highest BCUT2D eigenvalue weighted by atomic mass is 32.1. The Kier molecular flexibility index (Phi) is 3.31. The van der Waals surface area contributed by atoms with Gasteiger partial charge in [0.2, 0.25) is 0 Å². The summed E-state index contributed by atoms with van der Waals surface area (Å²) in [4.78, 5) is 5.48. The van der Waals surface area contributed by atoms with Gasteiger partial charge in [-0.05, 0) is 30.4 Å². The standard InChI is InChI=1S/C15H17N3OS/c1-3-15(16,4-2)14-17-13(19-18-14)12-9-10-7-5-6-8-11(10)20-12/h5-9H,3-4,16H2,1-2H3. The van der Waals surface area contributed by atoms with Crippen molar-refractivity contribution in [2.24, 2.45) is 5.73 Å². The molecule has 2 heterocycles. The molecule has 3 rings (SSSR count). The smallest absolute Gasteiger partial charge is 0.268 e. The predicted molar refractivity (Wildman–Crippen MR) is 81.6 cm³/mol. The fourth-order valence-electron chi connectivity index (χ4n) is 2.18. The lowest BCUT2D eigenvalue weighted by Crippen LogP contribution is -2.36. The number of rotatable bonds is 4. The first-order chi connectivity index (χ1) is 9.66. The number of thiophene rings is 1. The van der Waals surface area contributed by atoms with Crippen molar-refractivity contribution in [2.75, 3.05) is 0 Å². The molecule has 1 aromatic carbocycles. The minimum Gasteiger partial charge on any atom is -0.333 e. The highest BCUT2D eigenvalue weighted by Crippen LogP contribution is 2.33. The summed E-state index contributed by atoms with van der Waals surface area (Å²) in [7, 11) is 0. The van der Waals surface area contributed by atoms with Gasteiger partial charge in [0.05, 0.1) is 10.4 Å². The summed E-state index contributed by atoms with van der Waals surface area (Å²) in [5.41, 5.74) is 5.80.